The van der Waals surface area contributed by atoms with Gasteiger partial charge in [-0.25, -0.2) is 5.18 Å². The highest BCUT2D eigenvalue weighted by Crippen LogP contribution is 2.19. The van der Waals surface area contributed by atoms with Crippen molar-refractivity contribution in [2.75, 3.05) is 19.9 Å². The highest BCUT2D eigenvalue weighted by atomic mass is 32.2. The van der Waals surface area contributed by atoms with E-state index in [1.54, 1.807) is 7.11 Å². The Bertz CT molecular complexity index is 599. The van der Waals surface area contributed by atoms with Gasteiger partial charge < -0.3 is 24.4 Å². The number of rotatable bonds is 5. The molecule has 1 heterocycles. The van der Waals surface area contributed by atoms with Crippen molar-refractivity contribution in [1.82, 2.24) is 5.32 Å². The van der Waals surface area contributed by atoms with E-state index in [1.807, 2.05) is 31.4 Å². The summed E-state index contributed by atoms with van der Waals surface area (Å²) in [5.74, 6) is 1.53. The lowest BCUT2D eigenvalue weighted by Crippen LogP contribution is -2.35. The van der Waals surface area contributed by atoms with Crippen molar-refractivity contribution < 1.29 is 9.47 Å². The molecule has 0 spiro atoms. The van der Waals surface area contributed by atoms with Gasteiger partial charge in [0, 0.05) is 5.56 Å². The zero-order chi connectivity index (χ0) is 14.5. The molecule has 1 N–H and O–H groups in total. The molecule has 0 amide bonds. The second kappa shape index (κ2) is 6.84. The highest BCUT2D eigenvalue weighted by Gasteiger charge is 2.13. The third kappa shape index (κ3) is 3.57. The number of nitrogens with zero attached hydrogens (tertiary/aromatic N) is 1. The van der Waals surface area contributed by atoms with E-state index in [0.29, 0.717) is 5.90 Å². The summed E-state index contributed by atoms with van der Waals surface area (Å²) in [4.78, 5) is 0. The van der Waals surface area contributed by atoms with Gasteiger partial charge in [0.1, 0.15) is 5.75 Å². The minimum atomic E-state index is -0.251. The van der Waals surface area contributed by atoms with Gasteiger partial charge in [-0.1, -0.05) is 6.92 Å². The van der Waals surface area contributed by atoms with Crippen LogP contribution >= 0.6 is 0 Å². The topological polar surface area (TPSA) is 42.9 Å². The van der Waals surface area contributed by atoms with Gasteiger partial charge in [0.2, 0.25) is 0 Å². The Morgan fingerprint density at radius 3 is 2.95 bits per heavy atom. The fourth-order valence-corrected chi connectivity index (χ4v) is 2.82. The summed E-state index contributed by atoms with van der Waals surface area (Å²) in [5.41, 5.74) is 2.10. The number of hydrogen-bond donors (Lipinski definition) is 1. The average Bonchev–Trinajstić information content (AvgIpc) is 2.44. The molecule has 20 heavy (non-hydrogen) atoms. The minimum Gasteiger partial charge on any atom is -0.497 e. The van der Waals surface area contributed by atoms with Crippen molar-refractivity contribution in [2.24, 2.45) is 4.40 Å². The van der Waals surface area contributed by atoms with E-state index in [9.17, 15) is 0 Å². The first-order valence-corrected chi connectivity index (χ1v) is 8.29. The Balaban J connectivity index is 2.23. The second-order valence-corrected chi connectivity index (χ2v) is 6.00. The Labute approximate surface area is 122 Å². The average molecular weight is 293 g/mol. The summed E-state index contributed by atoms with van der Waals surface area (Å²) in [6.07, 6.45) is 2.92. The molecule has 2 rings (SSSR count). The minimum absolute atomic E-state index is 0.183. The zero-order valence-electron chi connectivity index (χ0n) is 12.4. The number of methoxy groups -OCH3 is 1. The standard InChI is InChI=1S/C15H21N2O2S/c1-5-8-16-14-10-20(4)17-15(19-14)13-7-6-12(18-3)9-11(13)2/h6-7,9,14,16H,5,8H2,1-4H3/q-1. The smallest absolute Gasteiger partial charge is 0.197 e. The monoisotopic (exact) mass is 293 g/mol. The maximum atomic E-state index is 5.89. The van der Waals surface area contributed by atoms with E-state index >= 15 is 0 Å². The summed E-state index contributed by atoms with van der Waals surface area (Å²) < 4.78 is 15.7. The number of nitrogens with one attached hydrogen (secondary N) is 1. The highest BCUT2D eigenvalue weighted by molar-refractivity contribution is 7.84. The molecule has 0 aromatic heterocycles. The number of benzene rings is 1. The molecule has 5 heteroatoms. The van der Waals surface area contributed by atoms with E-state index in [-0.39, 0.29) is 16.7 Å². The quantitative estimate of drug-likeness (QED) is 0.847. The van der Waals surface area contributed by atoms with Crippen LogP contribution in [0.5, 0.6) is 5.75 Å². The molecule has 0 saturated heterocycles. The van der Waals surface area contributed by atoms with Gasteiger partial charge in [-0.05, 0) is 43.7 Å². The third-order valence-corrected chi connectivity index (χ3v) is 3.97. The van der Waals surface area contributed by atoms with Crippen LogP contribution in [0.25, 0.3) is 0 Å². The third-order valence-electron chi connectivity index (χ3n) is 2.97. The van der Waals surface area contributed by atoms with Crippen molar-refractivity contribution in [3.8, 4) is 10.9 Å². The molecule has 1 aliphatic heterocycles. The summed E-state index contributed by atoms with van der Waals surface area (Å²) in [5, 5.41) is 6.59. The van der Waals surface area contributed by atoms with Crippen molar-refractivity contribution in [2.45, 2.75) is 26.5 Å². The van der Waals surface area contributed by atoms with Crippen LogP contribution in [-0.2, 0) is 15.2 Å². The van der Waals surface area contributed by atoms with Crippen LogP contribution in [0.4, 0.5) is 0 Å². The molecule has 0 aliphatic carbocycles. The molecular weight excluding hydrogens is 272 g/mol. The van der Waals surface area contributed by atoms with E-state index in [0.717, 1.165) is 29.8 Å². The Morgan fingerprint density at radius 1 is 1.50 bits per heavy atom. The van der Waals surface area contributed by atoms with Gasteiger partial charge in [-0.15, -0.1) is 6.26 Å². The molecule has 0 bridgehead atoms. The normalized spacial score (nSPS) is 18.6. The van der Waals surface area contributed by atoms with Crippen LogP contribution in [0.3, 0.4) is 0 Å². The van der Waals surface area contributed by atoms with Gasteiger partial charge in [0.05, 0.1) is 7.11 Å². The lowest BCUT2D eigenvalue weighted by atomic mass is 10.1. The number of hydrogen-bond acceptors (Lipinski definition) is 5. The SMILES string of the molecule is CCCNC1C#[S-](C)N=C(c2ccc(OC)cc2C)O1. The van der Waals surface area contributed by atoms with Crippen LogP contribution in [0, 0.1) is 12.1 Å². The fraction of sp³-hybridized carbons (Fsp3) is 0.467. The Morgan fingerprint density at radius 2 is 2.30 bits per heavy atom. The Kier molecular flexibility index (Phi) is 5.12. The van der Waals surface area contributed by atoms with E-state index in [1.165, 1.54) is 0 Å². The van der Waals surface area contributed by atoms with Crippen LogP contribution in [0.2, 0.25) is 0 Å². The first-order valence-electron chi connectivity index (χ1n) is 6.70. The van der Waals surface area contributed by atoms with Gasteiger partial charge in [-0.3, -0.25) is 5.32 Å². The maximum absolute atomic E-state index is 5.89. The summed E-state index contributed by atoms with van der Waals surface area (Å²) in [7, 11) is 1.42. The summed E-state index contributed by atoms with van der Waals surface area (Å²) in [6.45, 7) is 5.07. The molecule has 0 radical (unpaired) electrons. The molecule has 1 atom stereocenters. The molecule has 0 fully saturated rings. The molecule has 0 saturated carbocycles. The summed E-state index contributed by atoms with van der Waals surface area (Å²) >= 11 is 0. The summed E-state index contributed by atoms with van der Waals surface area (Å²) in [6, 6.07) is 5.91. The van der Waals surface area contributed by atoms with Crippen LogP contribution in [0.1, 0.15) is 24.5 Å². The maximum Gasteiger partial charge on any atom is 0.197 e. The molecule has 110 valence electrons. The van der Waals surface area contributed by atoms with Crippen LogP contribution < -0.4 is 10.1 Å². The predicted molar refractivity (Wildman–Crippen MR) is 84.6 cm³/mol. The van der Waals surface area contributed by atoms with Gasteiger partial charge in [-0.2, -0.15) is 0 Å². The van der Waals surface area contributed by atoms with Gasteiger partial charge >= 0.3 is 0 Å². The predicted octanol–water partition coefficient (Wildman–Crippen LogP) is 2.23. The van der Waals surface area contributed by atoms with Gasteiger partial charge in [0.25, 0.3) is 0 Å². The van der Waals surface area contributed by atoms with E-state index in [4.69, 9.17) is 9.47 Å². The first kappa shape index (κ1) is 15.0. The van der Waals surface area contributed by atoms with Crippen LogP contribution in [0.15, 0.2) is 22.6 Å². The van der Waals surface area contributed by atoms with Crippen molar-refractivity contribution in [3.63, 3.8) is 0 Å². The molecular formula is C15H21N2O2S-. The number of aryl methyl sites for hydroxylation is 1. The molecule has 4 nitrogen and oxygen atoms in total. The fourth-order valence-electron chi connectivity index (χ4n) is 1.94. The lowest BCUT2D eigenvalue weighted by molar-refractivity contribution is 0.208. The zero-order valence-corrected chi connectivity index (χ0v) is 13.2. The van der Waals surface area contributed by atoms with Crippen molar-refractivity contribution in [1.29, 1.82) is 0 Å². The first-order chi connectivity index (χ1) is 9.63. The molecule has 1 unspecified atom stereocenters. The second-order valence-electron chi connectivity index (χ2n) is 4.63. The van der Waals surface area contributed by atoms with Crippen molar-refractivity contribution >= 4 is 16.4 Å². The Hall–Kier alpha value is -1.42. The van der Waals surface area contributed by atoms with E-state index < -0.39 is 0 Å². The lowest BCUT2D eigenvalue weighted by Gasteiger charge is -2.27. The molecule has 1 aromatic rings. The molecule has 1 aliphatic rings. The van der Waals surface area contributed by atoms with Crippen molar-refractivity contribution in [3.05, 3.63) is 29.3 Å². The molecule has 1 aromatic carbocycles. The largest absolute Gasteiger partial charge is 0.497 e. The van der Waals surface area contributed by atoms with E-state index in [2.05, 4.69) is 21.8 Å². The van der Waals surface area contributed by atoms with Gasteiger partial charge in [0.15, 0.2) is 12.1 Å². The van der Waals surface area contributed by atoms with Crippen LogP contribution in [-0.4, -0.2) is 32.0 Å². The number of ether oxygens (including phenoxy) is 2.